The molecule has 94 valence electrons. The minimum absolute atomic E-state index is 0.569. The fraction of sp³-hybridized carbons (Fsp3) is 0. The summed E-state index contributed by atoms with van der Waals surface area (Å²) in [6.45, 7) is 0. The predicted molar refractivity (Wildman–Crippen MR) is 56.6 cm³/mol. The lowest BCUT2D eigenvalue weighted by Gasteiger charge is -2.00. The molecule has 0 radical (unpaired) electrons. The molecule has 1 aromatic rings. The van der Waals surface area contributed by atoms with Crippen LogP contribution in [0.1, 0.15) is 10.4 Å². The Hall–Kier alpha value is -2.62. The highest BCUT2D eigenvalue weighted by Crippen LogP contribution is 2.37. The molecule has 0 spiro atoms. The second kappa shape index (κ2) is 4.71. The number of carbonyl (C=O) groups is 1. The van der Waals surface area contributed by atoms with E-state index in [2.05, 4.69) is 0 Å². The van der Waals surface area contributed by atoms with Crippen LogP contribution in [-0.2, 0) is 0 Å². The van der Waals surface area contributed by atoms with Gasteiger partial charge in [-0.2, -0.15) is 0 Å². The van der Waals surface area contributed by atoms with Crippen molar-refractivity contribution in [3.05, 3.63) is 48.0 Å². The van der Waals surface area contributed by atoms with Crippen molar-refractivity contribution in [2.75, 3.05) is 0 Å². The van der Waals surface area contributed by atoms with E-state index in [1.807, 2.05) is 0 Å². The van der Waals surface area contributed by atoms with Crippen LogP contribution < -0.4 is 0 Å². The van der Waals surface area contributed by atoms with Gasteiger partial charge in [0.2, 0.25) is 0 Å². The molecule has 0 heterocycles. The summed E-state index contributed by atoms with van der Waals surface area (Å²) in [5, 5.41) is 30.3. The first-order chi connectivity index (χ1) is 8.27. The van der Waals surface area contributed by atoms with E-state index < -0.39 is 42.6 Å². The van der Waals surface area contributed by atoms with Crippen LogP contribution >= 0.6 is 11.6 Å². The van der Waals surface area contributed by atoms with Crippen LogP contribution in [0.25, 0.3) is 0 Å². The van der Waals surface area contributed by atoms with Crippen LogP contribution in [0, 0.1) is 30.3 Å². The largest absolute Gasteiger partial charge is 0.365 e. The van der Waals surface area contributed by atoms with Crippen molar-refractivity contribution in [3.63, 3.8) is 0 Å². The molecule has 0 aliphatic carbocycles. The molecule has 0 saturated carbocycles. The molecule has 0 fully saturated rings. The average molecular weight is 276 g/mol. The number of halogens is 1. The van der Waals surface area contributed by atoms with Gasteiger partial charge in [0.15, 0.2) is 5.56 Å². The molecule has 10 nitrogen and oxygen atoms in total. The molecule has 18 heavy (non-hydrogen) atoms. The Labute approximate surface area is 102 Å². The molecular formula is C7H2ClN3O7. The number of rotatable bonds is 4. The zero-order valence-corrected chi connectivity index (χ0v) is 8.99. The average Bonchev–Trinajstić information content (AvgIpc) is 2.26. The van der Waals surface area contributed by atoms with E-state index in [4.69, 9.17) is 11.6 Å². The van der Waals surface area contributed by atoms with Crippen molar-refractivity contribution in [1.29, 1.82) is 0 Å². The highest BCUT2D eigenvalue weighted by Gasteiger charge is 2.38. The summed E-state index contributed by atoms with van der Waals surface area (Å²) >= 11 is 5.01. The minimum Gasteiger partial charge on any atom is -0.275 e. The molecule has 0 saturated heterocycles. The van der Waals surface area contributed by atoms with Gasteiger partial charge >= 0.3 is 11.4 Å². The maximum absolute atomic E-state index is 11.0. The zero-order valence-electron chi connectivity index (χ0n) is 8.23. The quantitative estimate of drug-likeness (QED) is 0.462. The van der Waals surface area contributed by atoms with Gasteiger partial charge in [0.1, 0.15) is 0 Å². The monoisotopic (exact) mass is 275 g/mol. The van der Waals surface area contributed by atoms with E-state index in [9.17, 15) is 35.1 Å². The maximum atomic E-state index is 11.0. The van der Waals surface area contributed by atoms with Gasteiger partial charge < -0.3 is 0 Å². The van der Waals surface area contributed by atoms with Gasteiger partial charge in [0, 0.05) is 12.1 Å². The highest BCUT2D eigenvalue weighted by atomic mass is 35.5. The zero-order chi connectivity index (χ0) is 14.0. The Morgan fingerprint density at radius 3 is 1.72 bits per heavy atom. The first-order valence-electron chi connectivity index (χ1n) is 4.07. The Balaban J connectivity index is 3.82. The van der Waals surface area contributed by atoms with E-state index >= 15 is 0 Å². The van der Waals surface area contributed by atoms with Crippen LogP contribution in [0.5, 0.6) is 0 Å². The number of nitro benzene ring substituents is 3. The lowest BCUT2D eigenvalue weighted by Crippen LogP contribution is -2.06. The molecule has 0 N–H and O–H groups in total. The Kier molecular flexibility index (Phi) is 3.52. The van der Waals surface area contributed by atoms with Crippen LogP contribution in [0.4, 0.5) is 17.1 Å². The lowest BCUT2D eigenvalue weighted by molar-refractivity contribution is -0.424. The molecule has 0 aromatic heterocycles. The van der Waals surface area contributed by atoms with Gasteiger partial charge in [-0.3, -0.25) is 35.1 Å². The van der Waals surface area contributed by atoms with Gasteiger partial charge in [-0.25, -0.2) is 0 Å². The Morgan fingerprint density at radius 2 is 1.39 bits per heavy atom. The fourth-order valence-electron chi connectivity index (χ4n) is 1.25. The third-order valence-corrected chi connectivity index (χ3v) is 2.10. The molecule has 0 bridgehead atoms. The number of hydrogen-bond donors (Lipinski definition) is 0. The molecule has 1 aromatic carbocycles. The molecule has 0 aliphatic rings. The van der Waals surface area contributed by atoms with E-state index in [1.54, 1.807) is 0 Å². The lowest BCUT2D eigenvalue weighted by atomic mass is 10.1. The van der Waals surface area contributed by atoms with Crippen LogP contribution in [-0.4, -0.2) is 20.0 Å². The smallest absolute Gasteiger partial charge is 0.275 e. The van der Waals surface area contributed by atoms with Gasteiger partial charge in [-0.1, -0.05) is 0 Å². The molecule has 0 atom stereocenters. The van der Waals surface area contributed by atoms with E-state index in [-0.39, 0.29) is 0 Å². The normalized spacial score (nSPS) is 9.83. The van der Waals surface area contributed by atoms with E-state index in [0.717, 1.165) is 0 Å². The topological polar surface area (TPSA) is 146 Å². The predicted octanol–water partition coefficient (Wildman–Crippen LogP) is 1.79. The van der Waals surface area contributed by atoms with Crippen molar-refractivity contribution >= 4 is 33.9 Å². The molecule has 1 rings (SSSR count). The van der Waals surface area contributed by atoms with Crippen LogP contribution in [0.15, 0.2) is 12.1 Å². The summed E-state index contributed by atoms with van der Waals surface area (Å²) in [5.41, 5.74) is -4.42. The Morgan fingerprint density at radius 1 is 0.944 bits per heavy atom. The number of carbonyl (C=O) groups excluding carboxylic acids is 1. The summed E-state index contributed by atoms with van der Waals surface area (Å²) < 4.78 is 0. The van der Waals surface area contributed by atoms with Crippen molar-refractivity contribution in [2.45, 2.75) is 0 Å². The maximum Gasteiger partial charge on any atom is 0.365 e. The van der Waals surface area contributed by atoms with E-state index in [0.29, 0.717) is 12.1 Å². The van der Waals surface area contributed by atoms with Crippen LogP contribution in [0.2, 0.25) is 0 Å². The first kappa shape index (κ1) is 13.4. The summed E-state index contributed by atoms with van der Waals surface area (Å²) in [4.78, 5) is 39.4. The second-order valence-electron chi connectivity index (χ2n) is 2.87. The molecule has 0 amide bonds. The third-order valence-electron chi connectivity index (χ3n) is 1.91. The summed E-state index contributed by atoms with van der Waals surface area (Å²) in [5.74, 6) is 0. The summed E-state index contributed by atoms with van der Waals surface area (Å²) in [6, 6.07) is 1.18. The number of nitro groups is 3. The SMILES string of the molecule is O=C(Cl)c1c([N+](=O)[O-])ccc([N+](=O)[O-])c1[N+](=O)[O-]. The number of benzene rings is 1. The molecular weight excluding hydrogens is 274 g/mol. The summed E-state index contributed by atoms with van der Waals surface area (Å²) in [7, 11) is 0. The molecule has 11 heteroatoms. The van der Waals surface area contributed by atoms with Crippen molar-refractivity contribution < 1.29 is 19.6 Å². The van der Waals surface area contributed by atoms with Gasteiger partial charge in [-0.15, -0.1) is 0 Å². The molecule has 0 unspecified atom stereocenters. The van der Waals surface area contributed by atoms with Crippen molar-refractivity contribution in [2.24, 2.45) is 0 Å². The third kappa shape index (κ3) is 2.22. The number of hydrogen-bond acceptors (Lipinski definition) is 7. The molecule has 0 aliphatic heterocycles. The van der Waals surface area contributed by atoms with Gasteiger partial charge in [0.25, 0.3) is 10.9 Å². The number of nitrogens with zero attached hydrogens (tertiary/aromatic N) is 3. The fourth-order valence-corrected chi connectivity index (χ4v) is 1.43. The van der Waals surface area contributed by atoms with Crippen molar-refractivity contribution in [1.82, 2.24) is 0 Å². The van der Waals surface area contributed by atoms with E-state index in [1.165, 1.54) is 0 Å². The van der Waals surface area contributed by atoms with Crippen molar-refractivity contribution in [3.8, 4) is 0 Å². The van der Waals surface area contributed by atoms with Crippen LogP contribution in [0.3, 0.4) is 0 Å². The Bertz CT molecular complexity index is 534. The summed E-state index contributed by atoms with van der Waals surface area (Å²) in [6.07, 6.45) is 0. The van der Waals surface area contributed by atoms with Gasteiger partial charge in [-0.05, 0) is 11.6 Å². The first-order valence-corrected chi connectivity index (χ1v) is 4.45. The second-order valence-corrected chi connectivity index (χ2v) is 3.22. The standard InChI is InChI=1S/C7H2ClN3O7/c8-7(12)5-3(9(13)14)1-2-4(10(15)16)6(5)11(17)18/h1-2H. The highest BCUT2D eigenvalue weighted by molar-refractivity contribution is 6.68. The minimum atomic E-state index is -1.52. The van der Waals surface area contributed by atoms with Gasteiger partial charge in [0.05, 0.1) is 14.8 Å².